The number of benzene rings is 1. The summed E-state index contributed by atoms with van der Waals surface area (Å²) in [7, 11) is -2.56. The molecule has 50 heavy (non-hydrogen) atoms. The van der Waals surface area contributed by atoms with Crippen molar-refractivity contribution in [3.63, 3.8) is 0 Å². The van der Waals surface area contributed by atoms with Gasteiger partial charge in [-0.1, -0.05) is 88.5 Å². The lowest BCUT2D eigenvalue weighted by Gasteiger charge is -2.34. The smallest absolute Gasteiger partial charge is 0.165 e. The average Bonchev–Trinajstić information content (AvgIpc) is 3.53. The van der Waals surface area contributed by atoms with Crippen LogP contribution in [0.1, 0.15) is 62.1 Å². The van der Waals surface area contributed by atoms with Crippen molar-refractivity contribution in [2.24, 2.45) is 11.8 Å². The van der Waals surface area contributed by atoms with Crippen LogP contribution in [0.5, 0.6) is 0 Å². The minimum atomic E-state index is -1.28. The Bertz CT molecular complexity index is 1730. The zero-order valence-electron chi connectivity index (χ0n) is 31.1. The quantitative estimate of drug-likeness (QED) is 0.0748. The van der Waals surface area contributed by atoms with Crippen LogP contribution in [0.4, 0.5) is 5.82 Å². The van der Waals surface area contributed by atoms with Crippen molar-refractivity contribution in [2.45, 2.75) is 108 Å². The van der Waals surface area contributed by atoms with Crippen molar-refractivity contribution in [1.82, 2.24) is 19.6 Å². The van der Waals surface area contributed by atoms with E-state index in [0.29, 0.717) is 32.6 Å². The van der Waals surface area contributed by atoms with E-state index in [1.54, 1.807) is 0 Å². The van der Waals surface area contributed by atoms with Crippen molar-refractivity contribution in [2.75, 3.05) is 31.6 Å². The Morgan fingerprint density at radius 2 is 1.46 bits per heavy atom. The molecule has 8 nitrogen and oxygen atoms in total. The average molecular weight is 712 g/mol. The fourth-order valence-corrected chi connectivity index (χ4v) is 9.44. The molecule has 0 radical (unpaired) electrons. The Morgan fingerprint density at radius 3 is 2.02 bits per heavy atom. The first-order chi connectivity index (χ1) is 23.9. The number of aromatic nitrogens is 4. The molecule has 3 aliphatic carbocycles. The third kappa shape index (κ3) is 8.10. The molecule has 3 heterocycles. The molecule has 0 aliphatic heterocycles. The van der Waals surface area contributed by atoms with Gasteiger partial charge in [0, 0.05) is 63.7 Å². The minimum absolute atomic E-state index is 0.313. The largest absolute Gasteiger partial charge is 0.385 e. The van der Waals surface area contributed by atoms with Crippen molar-refractivity contribution >= 4 is 27.6 Å². The van der Waals surface area contributed by atoms with Crippen molar-refractivity contribution < 1.29 is 14.6 Å². The van der Waals surface area contributed by atoms with Crippen molar-refractivity contribution in [3.8, 4) is 22.4 Å². The standard InChI is InChI=1S/C40H57N5O3Si2/c1-49(2,3)20-18-47-27-44(28-48-19-21-50(4,5)6)39-36(40(46)16-17-40)37(33-23-29-12-13-30(22-29)24-33)43-38-34(26-42-45(38)39)32-14-15-35(41-25-32)31-10-8-7-9-11-31/h7-11,14-15,25-26,29-30,33,46H,12-13,16-24,27-28H2,1-6H3/t29-,30+,33+. The Hall–Kier alpha value is -2.90. The molecule has 3 saturated carbocycles. The summed E-state index contributed by atoms with van der Waals surface area (Å²) < 4.78 is 14.9. The summed E-state index contributed by atoms with van der Waals surface area (Å²) in [5.41, 5.74) is 5.87. The fraction of sp³-hybridized carbons (Fsp3) is 0.575. The summed E-state index contributed by atoms with van der Waals surface area (Å²) in [4.78, 5) is 12.6. The lowest BCUT2D eigenvalue weighted by molar-refractivity contribution is 0.0923. The maximum Gasteiger partial charge on any atom is 0.165 e. The lowest BCUT2D eigenvalue weighted by Crippen LogP contribution is -2.36. The topological polar surface area (TPSA) is 85.0 Å². The van der Waals surface area contributed by atoms with E-state index < -0.39 is 21.7 Å². The highest BCUT2D eigenvalue weighted by molar-refractivity contribution is 6.76. The second-order valence-corrected chi connectivity index (χ2v) is 29.0. The number of hydrogen-bond donors (Lipinski definition) is 1. The summed E-state index contributed by atoms with van der Waals surface area (Å²) in [6.07, 6.45) is 11.6. The Morgan fingerprint density at radius 1 is 0.820 bits per heavy atom. The van der Waals surface area contributed by atoms with Crippen LogP contribution in [0.25, 0.3) is 28.0 Å². The Balaban J connectivity index is 1.33. The van der Waals surface area contributed by atoms with Crippen LogP contribution in [-0.4, -0.2) is 67.5 Å². The molecule has 3 aliphatic rings. The van der Waals surface area contributed by atoms with E-state index in [9.17, 15) is 5.11 Å². The molecule has 3 fully saturated rings. The van der Waals surface area contributed by atoms with Crippen LogP contribution in [-0.2, 0) is 15.1 Å². The highest BCUT2D eigenvalue weighted by Crippen LogP contribution is 2.55. The number of pyridine rings is 1. The lowest BCUT2D eigenvalue weighted by atomic mass is 9.77. The van der Waals surface area contributed by atoms with Crippen LogP contribution >= 0.6 is 0 Å². The van der Waals surface area contributed by atoms with E-state index in [0.717, 1.165) is 94.7 Å². The number of fused-ring (bicyclic) bond motifs is 3. The molecular weight excluding hydrogens is 655 g/mol. The van der Waals surface area contributed by atoms with Gasteiger partial charge in [-0.25, -0.2) is 4.98 Å². The van der Waals surface area contributed by atoms with Gasteiger partial charge in [-0.3, -0.25) is 4.98 Å². The van der Waals surface area contributed by atoms with E-state index in [2.05, 4.69) is 68.4 Å². The fourth-order valence-electron chi connectivity index (χ4n) is 7.93. The predicted octanol–water partition coefficient (Wildman–Crippen LogP) is 9.16. The molecule has 0 saturated heterocycles. The number of rotatable bonds is 15. The number of anilines is 1. The monoisotopic (exact) mass is 711 g/mol. The van der Waals surface area contributed by atoms with Gasteiger partial charge in [0.15, 0.2) is 5.65 Å². The molecule has 0 unspecified atom stereocenters. The highest BCUT2D eigenvalue weighted by atomic mass is 28.3. The minimum Gasteiger partial charge on any atom is -0.385 e. The Kier molecular flexibility index (Phi) is 10.1. The first kappa shape index (κ1) is 35.5. The summed E-state index contributed by atoms with van der Waals surface area (Å²) in [5.74, 6) is 2.68. The van der Waals surface area contributed by atoms with Crippen molar-refractivity contribution in [3.05, 3.63) is 66.1 Å². The normalized spacial score (nSPS) is 21.5. The highest BCUT2D eigenvalue weighted by Gasteiger charge is 2.50. The first-order valence-corrected chi connectivity index (χ1v) is 26.4. The third-order valence-electron chi connectivity index (χ3n) is 11.0. The number of ether oxygens (including phenoxy) is 2. The molecule has 0 amide bonds. The summed E-state index contributed by atoms with van der Waals surface area (Å²) in [6.45, 7) is 16.5. The maximum atomic E-state index is 12.2. The van der Waals surface area contributed by atoms with E-state index >= 15 is 0 Å². The molecule has 268 valence electrons. The van der Waals surface area contributed by atoms with Gasteiger partial charge in [0.2, 0.25) is 0 Å². The van der Waals surface area contributed by atoms with Gasteiger partial charge >= 0.3 is 0 Å². The van der Waals surface area contributed by atoms with Gasteiger partial charge in [0.25, 0.3) is 0 Å². The molecule has 4 aromatic rings. The molecule has 3 atom stereocenters. The first-order valence-electron chi connectivity index (χ1n) is 18.9. The van der Waals surface area contributed by atoms with Gasteiger partial charge in [0.05, 0.1) is 23.2 Å². The third-order valence-corrected chi connectivity index (χ3v) is 14.5. The van der Waals surface area contributed by atoms with Crippen LogP contribution < -0.4 is 4.90 Å². The van der Waals surface area contributed by atoms with Gasteiger partial charge in [-0.2, -0.15) is 9.61 Å². The van der Waals surface area contributed by atoms with E-state index in [1.807, 2.05) is 35.1 Å². The van der Waals surface area contributed by atoms with Crippen molar-refractivity contribution in [1.29, 1.82) is 0 Å². The molecule has 7 rings (SSSR count). The molecule has 2 bridgehead atoms. The predicted molar refractivity (Wildman–Crippen MR) is 208 cm³/mol. The van der Waals surface area contributed by atoms with Crippen LogP contribution in [0, 0.1) is 11.8 Å². The van der Waals surface area contributed by atoms with Crippen LogP contribution in [0.2, 0.25) is 51.4 Å². The van der Waals surface area contributed by atoms with Gasteiger partial charge in [-0.15, -0.1) is 0 Å². The molecule has 1 aromatic carbocycles. The zero-order chi connectivity index (χ0) is 35.1. The second-order valence-electron chi connectivity index (χ2n) is 17.8. The van der Waals surface area contributed by atoms with E-state index in [4.69, 9.17) is 24.5 Å². The van der Waals surface area contributed by atoms with Gasteiger partial charge in [-0.05, 0) is 62.1 Å². The molecule has 3 aromatic heterocycles. The van der Waals surface area contributed by atoms with Crippen LogP contribution in [0.15, 0.2) is 54.9 Å². The molecule has 1 N–H and O–H groups in total. The summed E-state index contributed by atoms with van der Waals surface area (Å²) >= 11 is 0. The maximum absolute atomic E-state index is 12.2. The van der Waals surface area contributed by atoms with Gasteiger partial charge in [0.1, 0.15) is 19.3 Å². The second kappa shape index (κ2) is 14.3. The van der Waals surface area contributed by atoms with E-state index in [1.165, 1.54) is 19.3 Å². The SMILES string of the molecule is C[Si](C)(C)CCOCN(COCC[Si](C)(C)C)c1c(C2(O)CC2)c([C@H]2C[C@@H]3CC[C@@H](C3)C2)nc2c(-c3ccc(-c4ccccc4)nc3)cnn12. The number of hydrogen-bond acceptors (Lipinski definition) is 7. The molecule has 10 heteroatoms. The van der Waals surface area contributed by atoms with Gasteiger partial charge < -0.3 is 19.5 Å². The number of aliphatic hydroxyl groups is 1. The van der Waals surface area contributed by atoms with E-state index in [-0.39, 0.29) is 0 Å². The zero-order valence-corrected chi connectivity index (χ0v) is 33.1. The summed E-state index contributed by atoms with van der Waals surface area (Å²) in [6, 6.07) is 16.7. The Labute approximate surface area is 300 Å². The summed E-state index contributed by atoms with van der Waals surface area (Å²) in [5, 5.41) is 17.2. The van der Waals surface area contributed by atoms with Crippen LogP contribution in [0.3, 0.4) is 0 Å². The number of nitrogens with zero attached hydrogens (tertiary/aromatic N) is 5. The molecule has 0 spiro atoms. The molecular formula is C40H57N5O3Si2.